The van der Waals surface area contributed by atoms with Gasteiger partial charge in [0.2, 0.25) is 5.24 Å². The van der Waals surface area contributed by atoms with Crippen molar-refractivity contribution in [2.75, 3.05) is 0 Å². The average molecular weight is 240 g/mol. The molecule has 76 valence electrons. The maximum Gasteiger partial charge on any atom is 0.394 e. The van der Waals surface area contributed by atoms with E-state index in [1.54, 1.807) is 0 Å². The van der Waals surface area contributed by atoms with Crippen LogP contribution in [0.25, 0.3) is 0 Å². The van der Waals surface area contributed by atoms with Crippen molar-refractivity contribution in [2.45, 2.75) is 5.79 Å². The van der Waals surface area contributed by atoms with Crippen LogP contribution in [0.1, 0.15) is 0 Å². The number of allylic oxidation sites excluding steroid dienone is 2. The fourth-order valence-electron chi connectivity index (χ4n) is 1.06. The lowest BCUT2D eigenvalue weighted by atomic mass is 9.94. The number of carbonyl (C=O) groups is 1. The number of hydrogen-bond acceptors (Lipinski definition) is 3. The summed E-state index contributed by atoms with van der Waals surface area (Å²) in [4.78, 5) is 19.9. The molecule has 0 aromatic heterocycles. The highest BCUT2D eigenvalue weighted by Gasteiger charge is 2.53. The number of hydrogen-bond donors (Lipinski definition) is 0. The summed E-state index contributed by atoms with van der Waals surface area (Å²) in [6.07, 6.45) is 2.72. The zero-order valence-electron chi connectivity index (χ0n) is 6.62. The normalized spacial score (nSPS) is 31.1. The molecule has 0 amide bonds. The first-order valence-corrected chi connectivity index (χ1v) is 4.23. The quantitative estimate of drug-likeness (QED) is 0.321. The highest BCUT2D eigenvalue weighted by molar-refractivity contribution is 6.64. The van der Waals surface area contributed by atoms with Gasteiger partial charge >= 0.3 is 5.79 Å². The van der Waals surface area contributed by atoms with Crippen LogP contribution in [-0.2, 0) is 4.79 Å². The van der Waals surface area contributed by atoms with E-state index in [1.165, 1.54) is 6.08 Å². The number of nitrogens with zero attached hydrogens (tertiary/aromatic N) is 1. The van der Waals surface area contributed by atoms with Crippen LogP contribution in [0, 0.1) is 16.0 Å². The highest BCUT2D eigenvalue weighted by Crippen LogP contribution is 2.34. The molecule has 0 spiro atoms. The van der Waals surface area contributed by atoms with E-state index in [1.807, 2.05) is 0 Å². The van der Waals surface area contributed by atoms with Gasteiger partial charge < -0.3 is 0 Å². The molecule has 2 atom stereocenters. The smallest absolute Gasteiger partial charge is 0.280 e. The summed E-state index contributed by atoms with van der Waals surface area (Å²) in [7, 11) is 0. The second-order valence-electron chi connectivity index (χ2n) is 2.65. The first-order chi connectivity index (χ1) is 6.38. The Morgan fingerprint density at radius 3 is 2.71 bits per heavy atom. The Morgan fingerprint density at radius 2 is 2.29 bits per heavy atom. The first kappa shape index (κ1) is 11.1. The molecule has 7 heteroatoms. The SMILES string of the molecule is O=C(Cl)C1C=CC(Cl)=CC1(F)[N+](=O)[O-]. The van der Waals surface area contributed by atoms with E-state index in [0.717, 1.165) is 6.08 Å². The minimum Gasteiger partial charge on any atom is -0.280 e. The molecule has 1 aliphatic carbocycles. The minimum atomic E-state index is -3.05. The van der Waals surface area contributed by atoms with Crippen molar-refractivity contribution in [1.82, 2.24) is 0 Å². The van der Waals surface area contributed by atoms with E-state index in [0.29, 0.717) is 6.08 Å². The van der Waals surface area contributed by atoms with Crippen LogP contribution in [0.3, 0.4) is 0 Å². The third-order valence-electron chi connectivity index (χ3n) is 1.75. The number of nitro groups is 1. The number of halogens is 3. The second kappa shape index (κ2) is 3.67. The average Bonchev–Trinajstić information content (AvgIpc) is 2.02. The van der Waals surface area contributed by atoms with Crippen molar-refractivity contribution in [2.24, 2.45) is 5.92 Å². The molecule has 0 radical (unpaired) electrons. The molecule has 0 bridgehead atoms. The lowest BCUT2D eigenvalue weighted by Gasteiger charge is -2.20. The molecule has 2 unspecified atom stereocenters. The molecular weight excluding hydrogens is 236 g/mol. The monoisotopic (exact) mass is 239 g/mol. The van der Waals surface area contributed by atoms with Crippen LogP contribution < -0.4 is 0 Å². The van der Waals surface area contributed by atoms with Gasteiger partial charge in [0.25, 0.3) is 0 Å². The molecule has 0 aliphatic heterocycles. The number of alkyl halides is 1. The Kier molecular flexibility index (Phi) is 2.92. The van der Waals surface area contributed by atoms with E-state index < -0.39 is 21.9 Å². The lowest BCUT2D eigenvalue weighted by molar-refractivity contribution is -0.594. The van der Waals surface area contributed by atoms with Crippen LogP contribution in [0.5, 0.6) is 0 Å². The van der Waals surface area contributed by atoms with Gasteiger partial charge in [-0.25, -0.2) is 0 Å². The Labute approximate surface area is 88.1 Å². The molecule has 4 nitrogen and oxygen atoms in total. The molecule has 0 saturated carbocycles. The van der Waals surface area contributed by atoms with Gasteiger partial charge in [-0.15, -0.1) is 0 Å². The fraction of sp³-hybridized carbons (Fsp3) is 0.286. The van der Waals surface area contributed by atoms with E-state index in [2.05, 4.69) is 0 Å². The van der Waals surface area contributed by atoms with Gasteiger partial charge in [0.15, 0.2) is 5.92 Å². The summed E-state index contributed by atoms with van der Waals surface area (Å²) < 4.78 is 13.6. The van der Waals surface area contributed by atoms with Gasteiger partial charge in [-0.1, -0.05) is 17.7 Å². The minimum absolute atomic E-state index is 0.140. The molecule has 0 heterocycles. The van der Waals surface area contributed by atoms with Gasteiger partial charge in [0.1, 0.15) is 0 Å². The van der Waals surface area contributed by atoms with Gasteiger partial charge in [-0.05, 0) is 17.7 Å². The summed E-state index contributed by atoms with van der Waals surface area (Å²) in [6.45, 7) is 0. The third kappa shape index (κ3) is 1.78. The molecule has 14 heavy (non-hydrogen) atoms. The van der Waals surface area contributed by atoms with E-state index in [9.17, 15) is 19.3 Å². The molecule has 0 N–H and O–H groups in total. The molecule has 1 rings (SSSR count). The standard InChI is InChI=1S/C7H4Cl2FNO3/c8-4-1-2-5(6(9)12)7(10,3-4)11(13)14/h1-3,5H. The Morgan fingerprint density at radius 1 is 1.71 bits per heavy atom. The summed E-state index contributed by atoms with van der Waals surface area (Å²) in [5.74, 6) is -4.69. The zero-order chi connectivity index (χ0) is 10.9. The predicted molar refractivity (Wildman–Crippen MR) is 48.3 cm³/mol. The predicted octanol–water partition coefficient (Wildman–Crippen LogP) is 2.00. The van der Waals surface area contributed by atoms with Crippen LogP contribution >= 0.6 is 23.2 Å². The Balaban J connectivity index is 3.17. The topological polar surface area (TPSA) is 60.2 Å². The van der Waals surface area contributed by atoms with Crippen LogP contribution in [0.2, 0.25) is 0 Å². The van der Waals surface area contributed by atoms with Gasteiger partial charge in [0, 0.05) is 11.1 Å². The summed E-state index contributed by atoms with van der Waals surface area (Å²) in [5.41, 5.74) is 0. The molecule has 0 aromatic rings. The summed E-state index contributed by atoms with van der Waals surface area (Å²) in [5, 5.41) is 9.14. The number of carbonyl (C=O) groups excluding carboxylic acids is 1. The van der Waals surface area contributed by atoms with Crippen molar-refractivity contribution in [3.05, 3.63) is 33.4 Å². The van der Waals surface area contributed by atoms with E-state index in [-0.39, 0.29) is 5.03 Å². The van der Waals surface area contributed by atoms with Gasteiger partial charge in [0.05, 0.1) is 4.92 Å². The van der Waals surface area contributed by atoms with Crippen molar-refractivity contribution in [3.63, 3.8) is 0 Å². The van der Waals surface area contributed by atoms with Gasteiger partial charge in [-0.3, -0.25) is 14.9 Å². The molecular formula is C7H4Cl2FNO3. The second-order valence-corrected chi connectivity index (χ2v) is 3.46. The number of rotatable bonds is 2. The summed E-state index contributed by atoms with van der Waals surface area (Å²) >= 11 is 10.4. The molecule has 1 aliphatic rings. The molecule has 0 fully saturated rings. The van der Waals surface area contributed by atoms with E-state index in [4.69, 9.17) is 23.2 Å². The summed E-state index contributed by atoms with van der Waals surface area (Å²) in [6, 6.07) is 0. The fourth-order valence-corrected chi connectivity index (χ4v) is 1.51. The maximum absolute atomic E-state index is 13.6. The Bertz CT molecular complexity index is 355. The van der Waals surface area contributed by atoms with Crippen molar-refractivity contribution in [3.8, 4) is 0 Å². The van der Waals surface area contributed by atoms with Crippen LogP contribution in [0.15, 0.2) is 23.3 Å². The zero-order valence-corrected chi connectivity index (χ0v) is 8.13. The maximum atomic E-state index is 13.6. The van der Waals surface area contributed by atoms with Crippen LogP contribution in [-0.4, -0.2) is 16.0 Å². The molecule has 0 aromatic carbocycles. The van der Waals surface area contributed by atoms with Crippen LogP contribution in [0.4, 0.5) is 4.39 Å². The largest absolute Gasteiger partial charge is 0.394 e. The van der Waals surface area contributed by atoms with E-state index >= 15 is 0 Å². The third-order valence-corrected chi connectivity index (χ3v) is 2.22. The van der Waals surface area contributed by atoms with Gasteiger partial charge in [-0.2, -0.15) is 4.39 Å². The van der Waals surface area contributed by atoms with Crippen molar-refractivity contribution < 1.29 is 14.1 Å². The highest BCUT2D eigenvalue weighted by atomic mass is 35.5. The molecule has 0 saturated heterocycles. The van der Waals surface area contributed by atoms with Crippen molar-refractivity contribution >= 4 is 28.4 Å². The van der Waals surface area contributed by atoms with Crippen molar-refractivity contribution in [1.29, 1.82) is 0 Å². The lowest BCUT2D eigenvalue weighted by Crippen LogP contribution is -2.42. The first-order valence-electron chi connectivity index (χ1n) is 3.47. The Hall–Kier alpha value is -0.940.